The molecule has 0 bridgehead atoms. The third-order valence-electron chi connectivity index (χ3n) is 3.08. The van der Waals surface area contributed by atoms with Gasteiger partial charge >= 0.3 is 11.9 Å². The number of ether oxygens (including phenoxy) is 2. The molecule has 0 saturated carbocycles. The number of carbonyl (C=O) groups is 2. The third kappa shape index (κ3) is 6.46. The molecule has 0 aliphatic heterocycles. The molecular formula is C16H23NO6. The third-order valence-corrected chi connectivity index (χ3v) is 3.08. The zero-order valence-electron chi connectivity index (χ0n) is 13.4. The van der Waals surface area contributed by atoms with Crippen molar-refractivity contribution in [3.05, 3.63) is 18.2 Å². The number of hydrogen-bond acceptors (Lipinski definition) is 5. The molecule has 1 aromatic carbocycles. The fraction of sp³-hybridized carbons (Fsp3) is 0.500. The van der Waals surface area contributed by atoms with Crippen molar-refractivity contribution in [2.45, 2.75) is 26.7 Å². The van der Waals surface area contributed by atoms with Crippen LogP contribution in [0, 0.1) is 0 Å². The number of anilines is 1. The summed E-state index contributed by atoms with van der Waals surface area (Å²) in [5.74, 6) is -0.695. The lowest BCUT2D eigenvalue weighted by Crippen LogP contribution is -2.28. The van der Waals surface area contributed by atoms with Crippen molar-refractivity contribution >= 4 is 17.6 Å². The molecule has 0 heterocycles. The van der Waals surface area contributed by atoms with Crippen LogP contribution in [0.25, 0.3) is 0 Å². The Morgan fingerprint density at radius 2 is 1.48 bits per heavy atom. The van der Waals surface area contributed by atoms with E-state index in [0.717, 1.165) is 0 Å². The topological polar surface area (TPSA) is 96.3 Å². The van der Waals surface area contributed by atoms with Crippen LogP contribution in [0.15, 0.2) is 18.2 Å². The Labute approximate surface area is 135 Å². The number of nitrogens with zero attached hydrogens (tertiary/aromatic N) is 1. The van der Waals surface area contributed by atoms with E-state index in [4.69, 9.17) is 19.7 Å². The lowest BCUT2D eigenvalue weighted by Gasteiger charge is -2.24. The molecule has 0 amide bonds. The highest BCUT2D eigenvalue weighted by Crippen LogP contribution is 2.32. The molecule has 1 aromatic rings. The minimum absolute atomic E-state index is 0.0726. The largest absolute Gasteiger partial charge is 0.490 e. The highest BCUT2D eigenvalue weighted by Gasteiger charge is 2.14. The van der Waals surface area contributed by atoms with Crippen molar-refractivity contribution in [3.63, 3.8) is 0 Å². The second kappa shape index (κ2) is 9.55. The quantitative estimate of drug-likeness (QED) is 0.644. The van der Waals surface area contributed by atoms with E-state index in [1.807, 2.05) is 13.8 Å². The average molecular weight is 325 g/mol. The monoisotopic (exact) mass is 325 g/mol. The van der Waals surface area contributed by atoms with E-state index in [9.17, 15) is 9.59 Å². The van der Waals surface area contributed by atoms with E-state index in [1.54, 1.807) is 23.1 Å². The molecule has 0 unspecified atom stereocenters. The first kappa shape index (κ1) is 18.6. The van der Waals surface area contributed by atoms with E-state index in [1.165, 1.54) is 0 Å². The van der Waals surface area contributed by atoms with Gasteiger partial charge in [-0.2, -0.15) is 0 Å². The van der Waals surface area contributed by atoms with E-state index in [-0.39, 0.29) is 25.9 Å². The maximum atomic E-state index is 10.8. The van der Waals surface area contributed by atoms with E-state index < -0.39 is 11.9 Å². The molecule has 0 spiro atoms. The van der Waals surface area contributed by atoms with Gasteiger partial charge in [0.15, 0.2) is 11.5 Å². The first-order chi connectivity index (χ1) is 11.0. The molecule has 0 aliphatic rings. The van der Waals surface area contributed by atoms with Crippen molar-refractivity contribution in [2.75, 3.05) is 31.2 Å². The van der Waals surface area contributed by atoms with Crippen LogP contribution in [0.1, 0.15) is 26.7 Å². The second-order valence-electron chi connectivity index (χ2n) is 4.77. The first-order valence-electron chi connectivity index (χ1n) is 7.56. The minimum atomic E-state index is -0.929. The normalized spacial score (nSPS) is 10.2. The molecule has 2 N–H and O–H groups in total. The number of rotatable bonds is 11. The molecule has 0 aliphatic carbocycles. The fourth-order valence-electron chi connectivity index (χ4n) is 2.07. The predicted octanol–water partition coefficient (Wildman–Crippen LogP) is 2.24. The van der Waals surface area contributed by atoms with Gasteiger partial charge in [0.2, 0.25) is 0 Å². The molecule has 0 aromatic heterocycles. The molecule has 0 fully saturated rings. The summed E-state index contributed by atoms with van der Waals surface area (Å²) in [5, 5.41) is 17.7. The summed E-state index contributed by atoms with van der Waals surface area (Å²) in [4.78, 5) is 23.3. The molecule has 23 heavy (non-hydrogen) atoms. The molecule has 0 radical (unpaired) electrons. The fourth-order valence-corrected chi connectivity index (χ4v) is 2.07. The van der Waals surface area contributed by atoms with Crippen LogP contribution in [0.2, 0.25) is 0 Å². The minimum Gasteiger partial charge on any atom is -0.490 e. The van der Waals surface area contributed by atoms with Crippen molar-refractivity contribution < 1.29 is 29.3 Å². The molecule has 0 atom stereocenters. The first-order valence-corrected chi connectivity index (χ1v) is 7.56. The van der Waals surface area contributed by atoms with Crippen LogP contribution >= 0.6 is 0 Å². The summed E-state index contributed by atoms with van der Waals surface area (Å²) in [5.41, 5.74) is 0.708. The van der Waals surface area contributed by atoms with E-state index in [0.29, 0.717) is 30.4 Å². The summed E-state index contributed by atoms with van der Waals surface area (Å²) in [7, 11) is 0. The maximum Gasteiger partial charge on any atom is 0.305 e. The Kier molecular flexibility index (Phi) is 7.73. The number of benzene rings is 1. The Hall–Kier alpha value is -2.44. The van der Waals surface area contributed by atoms with Gasteiger partial charge in [-0.15, -0.1) is 0 Å². The summed E-state index contributed by atoms with van der Waals surface area (Å²) >= 11 is 0. The van der Waals surface area contributed by atoms with Crippen LogP contribution in [-0.2, 0) is 9.59 Å². The van der Waals surface area contributed by atoms with Gasteiger partial charge in [-0.05, 0) is 26.0 Å². The van der Waals surface area contributed by atoms with Crippen LogP contribution in [0.5, 0.6) is 11.5 Å². The summed E-state index contributed by atoms with van der Waals surface area (Å²) in [6, 6.07) is 5.27. The zero-order chi connectivity index (χ0) is 17.2. The van der Waals surface area contributed by atoms with Gasteiger partial charge in [0.25, 0.3) is 0 Å². The SMILES string of the molecule is CCOc1ccc(N(CCC(=O)O)CCC(=O)O)cc1OCC. The van der Waals surface area contributed by atoms with Gasteiger partial charge < -0.3 is 24.6 Å². The van der Waals surface area contributed by atoms with Crippen LogP contribution in [0.3, 0.4) is 0 Å². The van der Waals surface area contributed by atoms with E-state index in [2.05, 4.69) is 0 Å². The molecule has 128 valence electrons. The van der Waals surface area contributed by atoms with Crippen molar-refractivity contribution in [3.8, 4) is 11.5 Å². The smallest absolute Gasteiger partial charge is 0.305 e. The van der Waals surface area contributed by atoms with Crippen molar-refractivity contribution in [2.24, 2.45) is 0 Å². The number of aliphatic carboxylic acids is 2. The van der Waals surface area contributed by atoms with Gasteiger partial charge in [0.05, 0.1) is 26.1 Å². The molecular weight excluding hydrogens is 302 g/mol. The van der Waals surface area contributed by atoms with Crippen molar-refractivity contribution in [1.82, 2.24) is 0 Å². The van der Waals surface area contributed by atoms with Gasteiger partial charge in [-0.3, -0.25) is 9.59 Å². The van der Waals surface area contributed by atoms with Gasteiger partial charge in [0, 0.05) is 24.8 Å². The standard InChI is InChI=1S/C16H23NO6/c1-3-22-13-6-5-12(11-14(13)23-4-2)17(9-7-15(18)19)10-8-16(20)21/h5-6,11H,3-4,7-10H2,1-2H3,(H,18,19)(H,20,21). The molecule has 0 saturated heterocycles. The van der Waals surface area contributed by atoms with Crippen LogP contribution in [0.4, 0.5) is 5.69 Å². The highest BCUT2D eigenvalue weighted by atomic mass is 16.5. The highest BCUT2D eigenvalue weighted by molar-refractivity contribution is 5.69. The van der Waals surface area contributed by atoms with Crippen LogP contribution in [-0.4, -0.2) is 48.5 Å². The maximum absolute atomic E-state index is 10.8. The average Bonchev–Trinajstić information content (AvgIpc) is 2.49. The lowest BCUT2D eigenvalue weighted by molar-refractivity contribution is -0.137. The lowest BCUT2D eigenvalue weighted by atomic mass is 10.2. The van der Waals surface area contributed by atoms with Gasteiger partial charge in [0.1, 0.15) is 0 Å². The summed E-state index contributed by atoms with van der Waals surface area (Å²) < 4.78 is 11.0. The van der Waals surface area contributed by atoms with Gasteiger partial charge in [-0.25, -0.2) is 0 Å². The van der Waals surface area contributed by atoms with Crippen molar-refractivity contribution in [1.29, 1.82) is 0 Å². The zero-order valence-corrected chi connectivity index (χ0v) is 13.4. The number of carboxylic acids is 2. The molecule has 1 rings (SSSR count). The van der Waals surface area contributed by atoms with Gasteiger partial charge in [-0.1, -0.05) is 0 Å². The summed E-state index contributed by atoms with van der Waals surface area (Å²) in [6.45, 7) is 5.14. The molecule has 7 nitrogen and oxygen atoms in total. The Bertz CT molecular complexity index is 513. The van der Waals surface area contributed by atoms with Crippen LogP contribution < -0.4 is 14.4 Å². The molecule has 7 heteroatoms. The number of hydrogen-bond donors (Lipinski definition) is 2. The Morgan fingerprint density at radius 3 is 1.96 bits per heavy atom. The Balaban J connectivity index is 2.99. The summed E-state index contributed by atoms with van der Waals surface area (Å²) in [6.07, 6.45) is -0.145. The second-order valence-corrected chi connectivity index (χ2v) is 4.77. The predicted molar refractivity (Wildman–Crippen MR) is 85.5 cm³/mol. The van der Waals surface area contributed by atoms with E-state index >= 15 is 0 Å². The Morgan fingerprint density at radius 1 is 0.957 bits per heavy atom. The number of carboxylic acid groups (broad SMARTS) is 2.